The van der Waals surface area contributed by atoms with Crippen LogP contribution in [0.1, 0.15) is 12.5 Å². The summed E-state index contributed by atoms with van der Waals surface area (Å²) in [5.41, 5.74) is 6.16. The van der Waals surface area contributed by atoms with E-state index in [2.05, 4.69) is 9.97 Å². The SMILES string of the molecule is CCc1c(N)nc(N2CCOCC2)[nH]c1=O. The Bertz CT molecular complexity index is 423. The van der Waals surface area contributed by atoms with Gasteiger partial charge in [0.1, 0.15) is 5.82 Å². The predicted molar refractivity (Wildman–Crippen MR) is 61.7 cm³/mol. The number of hydrogen-bond acceptors (Lipinski definition) is 5. The number of H-pyrrole nitrogens is 1. The van der Waals surface area contributed by atoms with Crippen molar-refractivity contribution in [3.8, 4) is 0 Å². The van der Waals surface area contributed by atoms with Crippen LogP contribution in [-0.4, -0.2) is 36.3 Å². The van der Waals surface area contributed by atoms with Gasteiger partial charge in [0.25, 0.3) is 5.56 Å². The molecule has 0 amide bonds. The maximum absolute atomic E-state index is 11.7. The smallest absolute Gasteiger partial charge is 0.257 e. The first-order valence-electron chi connectivity index (χ1n) is 5.43. The first-order valence-corrected chi connectivity index (χ1v) is 5.43. The zero-order valence-corrected chi connectivity index (χ0v) is 9.32. The number of nitrogen functional groups attached to an aromatic ring is 1. The lowest BCUT2D eigenvalue weighted by molar-refractivity contribution is 0.122. The van der Waals surface area contributed by atoms with Crippen LogP contribution in [-0.2, 0) is 11.2 Å². The van der Waals surface area contributed by atoms with Crippen molar-refractivity contribution in [2.24, 2.45) is 0 Å². The minimum atomic E-state index is -0.142. The summed E-state index contributed by atoms with van der Waals surface area (Å²) in [7, 11) is 0. The molecule has 88 valence electrons. The van der Waals surface area contributed by atoms with Crippen molar-refractivity contribution in [1.82, 2.24) is 9.97 Å². The molecule has 0 bridgehead atoms. The Kier molecular flexibility index (Phi) is 3.09. The molecule has 0 aliphatic carbocycles. The van der Waals surface area contributed by atoms with Gasteiger partial charge in [0.05, 0.1) is 18.8 Å². The van der Waals surface area contributed by atoms with Crippen LogP contribution in [0.25, 0.3) is 0 Å². The number of aromatic nitrogens is 2. The number of nitrogens with two attached hydrogens (primary N) is 1. The van der Waals surface area contributed by atoms with Gasteiger partial charge in [-0.25, -0.2) is 0 Å². The first kappa shape index (κ1) is 10.9. The third-order valence-corrected chi connectivity index (χ3v) is 2.70. The van der Waals surface area contributed by atoms with Crippen molar-refractivity contribution < 1.29 is 4.74 Å². The topological polar surface area (TPSA) is 84.2 Å². The molecule has 1 aliphatic heterocycles. The minimum Gasteiger partial charge on any atom is -0.383 e. The van der Waals surface area contributed by atoms with Gasteiger partial charge in [-0.3, -0.25) is 9.78 Å². The molecule has 2 rings (SSSR count). The van der Waals surface area contributed by atoms with Gasteiger partial charge in [-0.15, -0.1) is 0 Å². The molecule has 6 heteroatoms. The second-order valence-corrected chi connectivity index (χ2v) is 3.71. The van der Waals surface area contributed by atoms with Crippen molar-refractivity contribution in [1.29, 1.82) is 0 Å². The minimum absolute atomic E-state index is 0.142. The number of aromatic amines is 1. The highest BCUT2D eigenvalue weighted by atomic mass is 16.5. The fraction of sp³-hybridized carbons (Fsp3) is 0.600. The van der Waals surface area contributed by atoms with Gasteiger partial charge in [0.15, 0.2) is 0 Å². The third-order valence-electron chi connectivity index (χ3n) is 2.70. The highest BCUT2D eigenvalue weighted by Gasteiger charge is 2.15. The highest BCUT2D eigenvalue weighted by Crippen LogP contribution is 2.11. The van der Waals surface area contributed by atoms with Crippen molar-refractivity contribution in [3.05, 3.63) is 15.9 Å². The second-order valence-electron chi connectivity index (χ2n) is 3.71. The molecule has 16 heavy (non-hydrogen) atoms. The molecule has 1 fully saturated rings. The molecule has 1 saturated heterocycles. The molecule has 0 unspecified atom stereocenters. The second kappa shape index (κ2) is 4.52. The maximum Gasteiger partial charge on any atom is 0.257 e. The van der Waals surface area contributed by atoms with Crippen molar-refractivity contribution in [2.45, 2.75) is 13.3 Å². The molecular weight excluding hydrogens is 208 g/mol. The van der Waals surface area contributed by atoms with Crippen LogP contribution < -0.4 is 16.2 Å². The molecule has 3 N–H and O–H groups in total. The summed E-state index contributed by atoms with van der Waals surface area (Å²) in [6.07, 6.45) is 0.595. The number of anilines is 2. The molecule has 0 atom stereocenters. The van der Waals surface area contributed by atoms with Crippen LogP contribution >= 0.6 is 0 Å². The molecular formula is C10H16N4O2. The Morgan fingerprint density at radius 3 is 2.75 bits per heavy atom. The lowest BCUT2D eigenvalue weighted by atomic mass is 10.2. The fourth-order valence-electron chi connectivity index (χ4n) is 1.77. The Labute approximate surface area is 93.4 Å². The maximum atomic E-state index is 11.7. The van der Waals surface area contributed by atoms with Gasteiger partial charge >= 0.3 is 0 Å². The monoisotopic (exact) mass is 224 g/mol. The quantitative estimate of drug-likeness (QED) is 0.723. The van der Waals surface area contributed by atoms with E-state index in [1.165, 1.54) is 0 Å². The van der Waals surface area contributed by atoms with Gasteiger partial charge in [-0.2, -0.15) is 4.98 Å². The lowest BCUT2D eigenvalue weighted by Gasteiger charge is -2.27. The molecule has 0 radical (unpaired) electrons. The lowest BCUT2D eigenvalue weighted by Crippen LogP contribution is -2.38. The zero-order valence-electron chi connectivity index (χ0n) is 9.32. The largest absolute Gasteiger partial charge is 0.383 e. The summed E-state index contributed by atoms with van der Waals surface area (Å²) in [6.45, 7) is 4.65. The van der Waals surface area contributed by atoms with E-state index < -0.39 is 0 Å². The normalized spacial score (nSPS) is 16.4. The summed E-state index contributed by atoms with van der Waals surface area (Å²) in [6, 6.07) is 0. The number of nitrogens with one attached hydrogen (secondary N) is 1. The van der Waals surface area contributed by atoms with E-state index >= 15 is 0 Å². The summed E-state index contributed by atoms with van der Waals surface area (Å²) >= 11 is 0. The number of ether oxygens (including phenoxy) is 1. The molecule has 0 saturated carbocycles. The first-order chi connectivity index (χ1) is 7.72. The molecule has 1 aliphatic rings. The van der Waals surface area contributed by atoms with Gasteiger partial charge in [-0.05, 0) is 6.42 Å². The average Bonchev–Trinajstić information content (AvgIpc) is 2.30. The number of hydrogen-bond donors (Lipinski definition) is 2. The number of morpholine rings is 1. The highest BCUT2D eigenvalue weighted by molar-refractivity contribution is 5.44. The van der Waals surface area contributed by atoms with Crippen LogP contribution in [0.5, 0.6) is 0 Å². The number of rotatable bonds is 2. The zero-order chi connectivity index (χ0) is 11.5. The fourth-order valence-corrected chi connectivity index (χ4v) is 1.77. The Morgan fingerprint density at radius 1 is 1.50 bits per heavy atom. The molecule has 0 spiro atoms. The molecule has 0 aromatic carbocycles. The third kappa shape index (κ3) is 2.01. The summed E-state index contributed by atoms with van der Waals surface area (Å²) in [5, 5.41) is 0. The van der Waals surface area contributed by atoms with Crippen LogP contribution in [0.3, 0.4) is 0 Å². The van der Waals surface area contributed by atoms with Crippen LogP contribution in [0.15, 0.2) is 4.79 Å². The predicted octanol–water partition coefficient (Wildman–Crippen LogP) is -0.249. The van der Waals surface area contributed by atoms with Crippen molar-refractivity contribution in [2.75, 3.05) is 36.9 Å². The van der Waals surface area contributed by atoms with Gasteiger partial charge in [0.2, 0.25) is 5.95 Å². The Hall–Kier alpha value is -1.56. The van der Waals surface area contributed by atoms with Gasteiger partial charge in [-0.1, -0.05) is 6.92 Å². The van der Waals surface area contributed by atoms with Crippen LogP contribution in [0.4, 0.5) is 11.8 Å². The van der Waals surface area contributed by atoms with Gasteiger partial charge < -0.3 is 15.4 Å². The van der Waals surface area contributed by atoms with Gasteiger partial charge in [0, 0.05) is 13.1 Å². The van der Waals surface area contributed by atoms with E-state index in [-0.39, 0.29) is 5.56 Å². The molecule has 1 aromatic rings. The van der Waals surface area contributed by atoms with Crippen molar-refractivity contribution in [3.63, 3.8) is 0 Å². The summed E-state index contributed by atoms with van der Waals surface area (Å²) in [5.74, 6) is 0.871. The van der Waals surface area contributed by atoms with E-state index in [1.54, 1.807) is 0 Å². The standard InChI is InChI=1S/C10H16N4O2/c1-2-7-8(11)12-10(13-9(7)15)14-3-5-16-6-4-14/h2-6H2,1H3,(H3,11,12,13,15). The Morgan fingerprint density at radius 2 is 2.19 bits per heavy atom. The summed E-state index contributed by atoms with van der Waals surface area (Å²) in [4.78, 5) is 20.7. The van der Waals surface area contributed by atoms with E-state index in [4.69, 9.17) is 10.5 Å². The van der Waals surface area contributed by atoms with Crippen LogP contribution in [0, 0.1) is 0 Å². The Balaban J connectivity index is 2.31. The van der Waals surface area contributed by atoms with E-state index in [1.807, 2.05) is 11.8 Å². The van der Waals surface area contributed by atoms with E-state index in [0.29, 0.717) is 37.0 Å². The average molecular weight is 224 g/mol. The summed E-state index contributed by atoms with van der Waals surface area (Å²) < 4.78 is 5.23. The van der Waals surface area contributed by atoms with E-state index in [0.717, 1.165) is 13.1 Å². The number of nitrogens with zero attached hydrogens (tertiary/aromatic N) is 2. The molecule has 6 nitrogen and oxygen atoms in total. The van der Waals surface area contributed by atoms with Crippen LogP contribution in [0.2, 0.25) is 0 Å². The van der Waals surface area contributed by atoms with E-state index in [9.17, 15) is 4.79 Å². The van der Waals surface area contributed by atoms with Crippen molar-refractivity contribution >= 4 is 11.8 Å². The molecule has 1 aromatic heterocycles. The molecule has 2 heterocycles.